The number of cyclic esters (lactones) is 1. The molecule has 10 heteroatoms. The van der Waals surface area contributed by atoms with Gasteiger partial charge in [-0.1, -0.05) is 36.6 Å². The lowest BCUT2D eigenvalue weighted by molar-refractivity contribution is 0.151. The fourth-order valence-electron chi connectivity index (χ4n) is 4.06. The summed E-state index contributed by atoms with van der Waals surface area (Å²) >= 11 is 0. The van der Waals surface area contributed by atoms with Crippen molar-refractivity contribution < 1.29 is 31.2 Å². The first-order chi connectivity index (χ1) is 16.5. The van der Waals surface area contributed by atoms with Crippen molar-refractivity contribution in [1.82, 2.24) is 0 Å². The van der Waals surface area contributed by atoms with Gasteiger partial charge in [-0.15, -0.1) is 8.42 Å². The van der Waals surface area contributed by atoms with E-state index in [2.05, 4.69) is 14.8 Å². The van der Waals surface area contributed by atoms with Gasteiger partial charge in [0.25, 0.3) is 0 Å². The normalized spacial score (nSPS) is 16.4. The first kappa shape index (κ1) is 23.9. The smallest absolute Gasteiger partial charge is 0.494 e. The van der Waals surface area contributed by atoms with Crippen molar-refractivity contribution in [3.8, 4) is 11.5 Å². The number of carbonyl (C=O) groups is 1. The SMILES string of the molecule is O=C1Nc2ccc(OCCCC=NOS(=O)(=O)Oc3ccc(C4CCCCC4)cc3)cc2CO1. The Labute approximate surface area is 199 Å². The van der Waals surface area contributed by atoms with Crippen LogP contribution in [0.15, 0.2) is 47.6 Å². The fourth-order valence-corrected chi connectivity index (χ4v) is 4.60. The zero-order valence-electron chi connectivity index (χ0n) is 18.8. The van der Waals surface area contributed by atoms with Crippen molar-refractivity contribution in [2.24, 2.45) is 5.16 Å². The van der Waals surface area contributed by atoms with Gasteiger partial charge in [-0.05, 0) is 67.5 Å². The maximum absolute atomic E-state index is 12.0. The van der Waals surface area contributed by atoms with Gasteiger partial charge < -0.3 is 13.7 Å². The van der Waals surface area contributed by atoms with Crippen LogP contribution in [-0.2, 0) is 26.0 Å². The zero-order valence-corrected chi connectivity index (χ0v) is 19.6. The van der Waals surface area contributed by atoms with Crippen LogP contribution in [0.2, 0.25) is 0 Å². The number of hydrogen-bond donors (Lipinski definition) is 1. The highest BCUT2D eigenvalue weighted by atomic mass is 32.3. The van der Waals surface area contributed by atoms with Crippen LogP contribution in [0.1, 0.15) is 62.0 Å². The Kier molecular flexibility index (Phi) is 7.89. The van der Waals surface area contributed by atoms with Gasteiger partial charge in [0.15, 0.2) is 0 Å². The highest BCUT2D eigenvalue weighted by Crippen LogP contribution is 2.33. The van der Waals surface area contributed by atoms with E-state index in [1.807, 2.05) is 12.1 Å². The third-order valence-electron chi connectivity index (χ3n) is 5.78. The first-order valence-electron chi connectivity index (χ1n) is 11.4. The van der Waals surface area contributed by atoms with Gasteiger partial charge in [-0.2, -0.15) is 0 Å². The Morgan fingerprint density at radius 3 is 2.62 bits per heavy atom. The number of rotatable bonds is 10. The minimum absolute atomic E-state index is 0.193. The number of fused-ring (bicyclic) bond motifs is 1. The molecule has 34 heavy (non-hydrogen) atoms. The second-order valence-corrected chi connectivity index (χ2v) is 9.40. The number of ether oxygens (including phenoxy) is 2. The summed E-state index contributed by atoms with van der Waals surface area (Å²) in [6.45, 7) is 0.595. The molecule has 0 atom stereocenters. The van der Waals surface area contributed by atoms with Gasteiger partial charge in [0, 0.05) is 11.8 Å². The summed E-state index contributed by atoms with van der Waals surface area (Å²) in [4.78, 5) is 11.2. The summed E-state index contributed by atoms with van der Waals surface area (Å²) in [7, 11) is -4.29. The Balaban J connectivity index is 1.15. The van der Waals surface area contributed by atoms with E-state index in [0.717, 1.165) is 5.56 Å². The van der Waals surface area contributed by atoms with E-state index in [0.29, 0.717) is 36.8 Å². The van der Waals surface area contributed by atoms with Crippen LogP contribution in [0, 0.1) is 0 Å². The van der Waals surface area contributed by atoms with Crippen LogP contribution in [0.4, 0.5) is 10.5 Å². The lowest BCUT2D eigenvalue weighted by Gasteiger charge is -2.21. The quantitative estimate of drug-likeness (QED) is 0.275. The van der Waals surface area contributed by atoms with Crippen molar-refractivity contribution in [3.05, 3.63) is 53.6 Å². The van der Waals surface area contributed by atoms with Crippen LogP contribution >= 0.6 is 0 Å². The number of hydrogen-bond acceptors (Lipinski definition) is 8. The molecule has 4 rings (SSSR count). The monoisotopic (exact) mass is 488 g/mol. The van der Waals surface area contributed by atoms with Crippen LogP contribution in [0.25, 0.3) is 0 Å². The molecule has 182 valence electrons. The molecule has 1 heterocycles. The third-order valence-corrected chi connectivity index (χ3v) is 6.45. The first-order valence-corrected chi connectivity index (χ1v) is 12.8. The van der Waals surface area contributed by atoms with Crippen molar-refractivity contribution in [3.63, 3.8) is 0 Å². The average molecular weight is 489 g/mol. The number of nitrogens with zero attached hydrogens (tertiary/aromatic N) is 1. The molecule has 1 amide bonds. The van der Waals surface area contributed by atoms with Gasteiger partial charge in [0.2, 0.25) is 0 Å². The fraction of sp³-hybridized carbons (Fsp3) is 0.417. The predicted octanol–water partition coefficient (Wildman–Crippen LogP) is 5.28. The number of carbonyl (C=O) groups excluding carboxylic acids is 1. The standard InChI is InChI=1S/C24H28N2O7S/c27-24-26-23-13-12-22(16-20(23)17-31-24)30-15-5-4-14-25-33-34(28,29)32-21-10-8-19(9-11-21)18-6-2-1-3-7-18/h8-14,16,18H,1-7,15,17H2,(H,26,27). The van der Waals surface area contributed by atoms with Crippen LogP contribution in [0.5, 0.6) is 11.5 Å². The lowest BCUT2D eigenvalue weighted by Crippen LogP contribution is -2.20. The highest BCUT2D eigenvalue weighted by Gasteiger charge is 2.18. The summed E-state index contributed by atoms with van der Waals surface area (Å²) in [6.07, 6.45) is 8.03. The van der Waals surface area contributed by atoms with Gasteiger partial charge in [0.05, 0.1) is 12.3 Å². The summed E-state index contributed by atoms with van der Waals surface area (Å²) in [5, 5.41) is 6.10. The zero-order chi connectivity index (χ0) is 23.8. The molecule has 2 aromatic rings. The topological polar surface area (TPSA) is 113 Å². The molecule has 2 aromatic carbocycles. The molecule has 9 nitrogen and oxygen atoms in total. The summed E-state index contributed by atoms with van der Waals surface area (Å²) in [5.41, 5.74) is 2.75. The number of unbranched alkanes of at least 4 members (excludes halogenated alkanes) is 1. The van der Waals surface area contributed by atoms with Crippen LogP contribution in [-0.4, -0.2) is 27.3 Å². The largest absolute Gasteiger partial charge is 0.521 e. The van der Waals surface area contributed by atoms with E-state index < -0.39 is 16.5 Å². The number of benzene rings is 2. The molecule has 1 fully saturated rings. The average Bonchev–Trinajstić information content (AvgIpc) is 2.84. The Bertz CT molecular complexity index is 1110. The van der Waals surface area contributed by atoms with E-state index in [1.165, 1.54) is 43.9 Å². The van der Waals surface area contributed by atoms with E-state index in [9.17, 15) is 13.2 Å². The number of nitrogens with one attached hydrogen (secondary N) is 1. The molecule has 1 saturated carbocycles. The van der Waals surface area contributed by atoms with Gasteiger partial charge >= 0.3 is 16.5 Å². The third kappa shape index (κ3) is 6.86. The molecule has 1 N–H and O–H groups in total. The van der Waals surface area contributed by atoms with Crippen molar-refractivity contribution >= 4 is 28.4 Å². The molecule has 0 bridgehead atoms. The maximum atomic E-state index is 12.0. The molecule has 0 saturated heterocycles. The Hall–Kier alpha value is -3.27. The lowest BCUT2D eigenvalue weighted by atomic mass is 9.84. The van der Waals surface area contributed by atoms with E-state index in [4.69, 9.17) is 13.7 Å². The van der Waals surface area contributed by atoms with Gasteiger partial charge in [-0.25, -0.2) is 9.08 Å². The van der Waals surface area contributed by atoms with Crippen molar-refractivity contribution in [2.75, 3.05) is 11.9 Å². The van der Waals surface area contributed by atoms with E-state index in [-0.39, 0.29) is 12.4 Å². The second kappa shape index (κ2) is 11.2. The van der Waals surface area contributed by atoms with Gasteiger partial charge in [0.1, 0.15) is 18.1 Å². The molecule has 0 spiro atoms. The molecule has 1 aliphatic heterocycles. The molecule has 2 aliphatic rings. The van der Waals surface area contributed by atoms with E-state index >= 15 is 0 Å². The van der Waals surface area contributed by atoms with Crippen molar-refractivity contribution in [2.45, 2.75) is 57.5 Å². The summed E-state index contributed by atoms with van der Waals surface area (Å²) in [5.74, 6) is 1.38. The van der Waals surface area contributed by atoms with Crippen molar-refractivity contribution in [1.29, 1.82) is 0 Å². The number of anilines is 1. The van der Waals surface area contributed by atoms with Crippen LogP contribution in [0.3, 0.4) is 0 Å². The molecular formula is C24H28N2O7S. The Morgan fingerprint density at radius 2 is 1.82 bits per heavy atom. The van der Waals surface area contributed by atoms with Crippen LogP contribution < -0.4 is 14.2 Å². The highest BCUT2D eigenvalue weighted by molar-refractivity contribution is 7.82. The predicted molar refractivity (Wildman–Crippen MR) is 126 cm³/mol. The molecule has 1 aliphatic carbocycles. The molecule has 0 radical (unpaired) electrons. The summed E-state index contributed by atoms with van der Waals surface area (Å²) in [6, 6.07) is 12.4. The maximum Gasteiger partial charge on any atom is 0.521 e. The van der Waals surface area contributed by atoms with Gasteiger partial charge in [-0.3, -0.25) is 5.32 Å². The molecular weight excluding hydrogens is 460 g/mol. The minimum atomic E-state index is -4.29. The molecule has 0 unspecified atom stereocenters. The Morgan fingerprint density at radius 1 is 1.06 bits per heavy atom. The summed E-state index contributed by atoms with van der Waals surface area (Å²) < 4.78 is 44.1. The number of amides is 1. The second-order valence-electron chi connectivity index (χ2n) is 8.27. The molecule has 0 aromatic heterocycles. The number of oxime groups is 1. The minimum Gasteiger partial charge on any atom is -0.494 e. The van der Waals surface area contributed by atoms with E-state index in [1.54, 1.807) is 30.3 Å².